The zero-order chi connectivity index (χ0) is 12.4. The maximum atomic E-state index is 13.1. The van der Waals surface area contributed by atoms with Crippen LogP contribution in [0.5, 0.6) is 11.6 Å². The molecule has 0 radical (unpaired) electrons. The number of nitrogen functional groups attached to an aromatic ring is 1. The number of nitrogens with two attached hydrogens (primary N) is 1. The average Bonchev–Trinajstić information content (AvgIpc) is 2.29. The second kappa shape index (κ2) is 4.55. The van der Waals surface area contributed by atoms with Gasteiger partial charge in [0, 0.05) is 0 Å². The van der Waals surface area contributed by atoms with Gasteiger partial charge in [-0.1, -0.05) is 11.6 Å². The van der Waals surface area contributed by atoms with Gasteiger partial charge in [-0.15, -0.1) is 0 Å². The Labute approximate surface area is 102 Å². The van der Waals surface area contributed by atoms with Crippen molar-refractivity contribution < 1.29 is 9.13 Å². The molecule has 0 atom stereocenters. The van der Waals surface area contributed by atoms with Crippen molar-refractivity contribution in [3.63, 3.8) is 0 Å². The molecule has 1 aromatic heterocycles. The number of aryl methyl sites for hydroxylation is 1. The minimum absolute atomic E-state index is 0.0585. The van der Waals surface area contributed by atoms with E-state index in [-0.39, 0.29) is 22.7 Å². The number of nitrogens with zero attached hydrogens (tertiary/aromatic N) is 2. The van der Waals surface area contributed by atoms with Crippen molar-refractivity contribution in [2.45, 2.75) is 6.92 Å². The van der Waals surface area contributed by atoms with E-state index in [2.05, 4.69) is 9.97 Å². The summed E-state index contributed by atoms with van der Waals surface area (Å²) in [6.45, 7) is 1.64. The monoisotopic (exact) mass is 253 g/mol. The van der Waals surface area contributed by atoms with Gasteiger partial charge >= 0.3 is 0 Å². The van der Waals surface area contributed by atoms with Crippen molar-refractivity contribution in [1.82, 2.24) is 9.97 Å². The number of anilines is 1. The summed E-state index contributed by atoms with van der Waals surface area (Å²) in [5, 5.41) is 0.237. The van der Waals surface area contributed by atoms with E-state index in [9.17, 15) is 4.39 Å². The largest absolute Gasteiger partial charge is 0.437 e. The van der Waals surface area contributed by atoms with Crippen LogP contribution < -0.4 is 10.5 Å². The first-order chi connectivity index (χ1) is 8.06. The number of hydrogen-bond donors (Lipinski definition) is 1. The molecule has 0 unspecified atom stereocenters. The van der Waals surface area contributed by atoms with Crippen LogP contribution in [0, 0.1) is 12.7 Å². The first kappa shape index (κ1) is 11.6. The quantitative estimate of drug-likeness (QED) is 0.894. The standard InChI is InChI=1S/C11H9ClFN3O/c1-6-4-7(2-3-9(6)13)17-10-8(12)5-15-11(14)16-10/h2-5H,1H3,(H2,14,15,16). The number of hydrogen-bond acceptors (Lipinski definition) is 4. The summed E-state index contributed by atoms with van der Waals surface area (Å²) >= 11 is 5.84. The van der Waals surface area contributed by atoms with Gasteiger partial charge in [0.1, 0.15) is 16.6 Å². The molecule has 0 amide bonds. The normalized spacial score (nSPS) is 10.3. The second-order valence-electron chi connectivity index (χ2n) is 3.39. The Balaban J connectivity index is 2.31. The fraction of sp³-hybridized carbons (Fsp3) is 0.0909. The lowest BCUT2D eigenvalue weighted by Gasteiger charge is -2.07. The van der Waals surface area contributed by atoms with Crippen molar-refractivity contribution in [3.05, 3.63) is 40.8 Å². The molecule has 1 heterocycles. The average molecular weight is 254 g/mol. The molecule has 2 rings (SSSR count). The van der Waals surface area contributed by atoms with E-state index in [1.54, 1.807) is 13.0 Å². The third-order valence-electron chi connectivity index (χ3n) is 2.07. The van der Waals surface area contributed by atoms with Crippen LogP contribution in [0.25, 0.3) is 0 Å². The van der Waals surface area contributed by atoms with E-state index in [0.717, 1.165) is 0 Å². The predicted molar refractivity (Wildman–Crippen MR) is 62.7 cm³/mol. The summed E-state index contributed by atoms with van der Waals surface area (Å²) in [7, 11) is 0. The number of halogens is 2. The number of benzene rings is 1. The highest BCUT2D eigenvalue weighted by Crippen LogP contribution is 2.27. The van der Waals surface area contributed by atoms with Crippen LogP contribution in [0.15, 0.2) is 24.4 Å². The van der Waals surface area contributed by atoms with E-state index in [1.807, 2.05) is 0 Å². The predicted octanol–water partition coefficient (Wildman–Crippen LogP) is 2.95. The molecule has 0 saturated heterocycles. The van der Waals surface area contributed by atoms with Crippen LogP contribution in [0.3, 0.4) is 0 Å². The Morgan fingerprint density at radius 1 is 1.41 bits per heavy atom. The molecule has 0 aliphatic rings. The maximum absolute atomic E-state index is 13.1. The van der Waals surface area contributed by atoms with Crippen LogP contribution in [-0.4, -0.2) is 9.97 Å². The maximum Gasteiger partial charge on any atom is 0.243 e. The highest BCUT2D eigenvalue weighted by atomic mass is 35.5. The molecular weight excluding hydrogens is 245 g/mol. The third kappa shape index (κ3) is 2.62. The van der Waals surface area contributed by atoms with Crippen LogP contribution in [0.4, 0.5) is 10.3 Å². The first-order valence-corrected chi connectivity index (χ1v) is 5.16. The lowest BCUT2D eigenvalue weighted by molar-refractivity contribution is 0.460. The second-order valence-corrected chi connectivity index (χ2v) is 3.80. The molecule has 0 saturated carbocycles. The lowest BCUT2D eigenvalue weighted by atomic mass is 10.2. The van der Waals surface area contributed by atoms with Crippen molar-refractivity contribution >= 4 is 17.5 Å². The van der Waals surface area contributed by atoms with Crippen LogP contribution in [-0.2, 0) is 0 Å². The zero-order valence-corrected chi connectivity index (χ0v) is 9.70. The van der Waals surface area contributed by atoms with Crippen molar-refractivity contribution in [2.75, 3.05) is 5.73 Å². The highest BCUT2D eigenvalue weighted by Gasteiger charge is 2.07. The molecule has 0 spiro atoms. The van der Waals surface area contributed by atoms with Gasteiger partial charge < -0.3 is 10.5 Å². The molecule has 2 N–H and O–H groups in total. The van der Waals surface area contributed by atoms with E-state index >= 15 is 0 Å². The molecule has 4 nitrogen and oxygen atoms in total. The van der Waals surface area contributed by atoms with Crippen LogP contribution in [0.2, 0.25) is 5.02 Å². The van der Waals surface area contributed by atoms with Crippen LogP contribution in [0.1, 0.15) is 5.56 Å². The van der Waals surface area contributed by atoms with Gasteiger partial charge in [0.25, 0.3) is 0 Å². The number of rotatable bonds is 2. The van der Waals surface area contributed by atoms with Crippen molar-refractivity contribution in [2.24, 2.45) is 0 Å². The summed E-state index contributed by atoms with van der Waals surface area (Å²) in [4.78, 5) is 7.55. The van der Waals surface area contributed by atoms with E-state index in [4.69, 9.17) is 22.1 Å². The summed E-state index contributed by atoms with van der Waals surface area (Å²) in [5.41, 5.74) is 5.89. The third-order valence-corrected chi connectivity index (χ3v) is 2.33. The summed E-state index contributed by atoms with van der Waals surface area (Å²) in [5.74, 6) is 0.336. The summed E-state index contributed by atoms with van der Waals surface area (Å²) in [6.07, 6.45) is 1.34. The van der Waals surface area contributed by atoms with Gasteiger partial charge in [0.15, 0.2) is 0 Å². The van der Waals surface area contributed by atoms with E-state index in [0.29, 0.717) is 11.3 Å². The first-order valence-electron chi connectivity index (χ1n) is 4.78. The molecule has 1 aromatic carbocycles. The fourth-order valence-corrected chi connectivity index (χ4v) is 1.36. The zero-order valence-electron chi connectivity index (χ0n) is 8.95. The molecule has 0 aliphatic carbocycles. The van der Waals surface area contributed by atoms with Gasteiger partial charge in [-0.05, 0) is 30.7 Å². The topological polar surface area (TPSA) is 61.0 Å². The Morgan fingerprint density at radius 2 is 2.18 bits per heavy atom. The minimum atomic E-state index is -0.300. The lowest BCUT2D eigenvalue weighted by Crippen LogP contribution is -1.97. The smallest absolute Gasteiger partial charge is 0.243 e. The van der Waals surface area contributed by atoms with Crippen molar-refractivity contribution in [3.8, 4) is 11.6 Å². The molecular formula is C11H9ClFN3O. The summed E-state index contributed by atoms with van der Waals surface area (Å²) < 4.78 is 18.4. The van der Waals surface area contributed by atoms with E-state index < -0.39 is 0 Å². The Bertz CT molecular complexity index is 562. The molecule has 17 heavy (non-hydrogen) atoms. The van der Waals surface area contributed by atoms with Gasteiger partial charge in [-0.2, -0.15) is 4.98 Å². The molecule has 0 bridgehead atoms. The summed E-state index contributed by atoms with van der Waals surface area (Å²) in [6, 6.07) is 4.34. The Hall–Kier alpha value is -1.88. The number of aromatic nitrogens is 2. The van der Waals surface area contributed by atoms with Crippen LogP contribution >= 0.6 is 11.6 Å². The van der Waals surface area contributed by atoms with Gasteiger partial charge in [0.2, 0.25) is 11.8 Å². The molecule has 6 heteroatoms. The van der Waals surface area contributed by atoms with Gasteiger partial charge in [-0.25, -0.2) is 9.37 Å². The van der Waals surface area contributed by atoms with Crippen molar-refractivity contribution in [1.29, 1.82) is 0 Å². The Kier molecular flexibility index (Phi) is 3.10. The SMILES string of the molecule is Cc1cc(Oc2nc(N)ncc2Cl)ccc1F. The molecule has 88 valence electrons. The molecule has 0 fully saturated rings. The van der Waals surface area contributed by atoms with E-state index in [1.165, 1.54) is 18.3 Å². The highest BCUT2D eigenvalue weighted by molar-refractivity contribution is 6.31. The van der Waals surface area contributed by atoms with Gasteiger partial charge in [0.05, 0.1) is 6.20 Å². The Morgan fingerprint density at radius 3 is 2.88 bits per heavy atom. The molecule has 2 aromatic rings. The van der Waals surface area contributed by atoms with Gasteiger partial charge in [-0.3, -0.25) is 0 Å². The number of ether oxygens (including phenoxy) is 1. The molecule has 0 aliphatic heterocycles. The minimum Gasteiger partial charge on any atom is -0.437 e. The fourth-order valence-electron chi connectivity index (χ4n) is 1.23.